The highest BCUT2D eigenvalue weighted by atomic mass is 32.1. The van der Waals surface area contributed by atoms with E-state index in [9.17, 15) is 0 Å². The van der Waals surface area contributed by atoms with Crippen LogP contribution in [0.5, 0.6) is 0 Å². The highest BCUT2D eigenvalue weighted by Crippen LogP contribution is 2.25. The van der Waals surface area contributed by atoms with Crippen LogP contribution >= 0.6 is 11.3 Å². The molecule has 0 amide bonds. The first-order chi connectivity index (χ1) is 11.8. The van der Waals surface area contributed by atoms with Crippen molar-refractivity contribution < 1.29 is 4.52 Å². The molecule has 0 saturated heterocycles. The van der Waals surface area contributed by atoms with Gasteiger partial charge in [-0.2, -0.15) is 0 Å². The summed E-state index contributed by atoms with van der Waals surface area (Å²) in [4.78, 5) is 12.3. The molecule has 1 aliphatic rings. The molecule has 0 spiro atoms. The predicted molar refractivity (Wildman–Crippen MR) is 93.7 cm³/mol. The number of nitrogens with zero attached hydrogens (tertiary/aromatic N) is 4. The van der Waals surface area contributed by atoms with Crippen LogP contribution in [0.2, 0.25) is 0 Å². The van der Waals surface area contributed by atoms with Gasteiger partial charge in [0.15, 0.2) is 5.82 Å². The van der Waals surface area contributed by atoms with Gasteiger partial charge in [0.2, 0.25) is 0 Å². The van der Waals surface area contributed by atoms with Crippen LogP contribution in [0.15, 0.2) is 34.4 Å². The SMILES string of the molecule is CN(Cc1cnc(-c2cccs2)nc1)Cc1noc2c1CCCC2. The quantitative estimate of drug-likeness (QED) is 0.709. The summed E-state index contributed by atoms with van der Waals surface area (Å²) in [5, 5.41) is 6.32. The fourth-order valence-electron chi connectivity index (χ4n) is 3.17. The first kappa shape index (κ1) is 15.5. The Hall–Kier alpha value is -2.05. The van der Waals surface area contributed by atoms with E-state index < -0.39 is 0 Å². The van der Waals surface area contributed by atoms with Gasteiger partial charge in [-0.05, 0) is 37.8 Å². The molecule has 0 atom stereocenters. The number of hydrogen-bond acceptors (Lipinski definition) is 6. The molecule has 0 unspecified atom stereocenters. The van der Waals surface area contributed by atoms with E-state index >= 15 is 0 Å². The van der Waals surface area contributed by atoms with Crippen molar-refractivity contribution in [3.05, 3.63) is 52.5 Å². The fourth-order valence-corrected chi connectivity index (χ4v) is 3.84. The standard InChI is InChI=1S/C18H20N4OS/c1-22(12-15-14-5-2-3-6-16(14)23-21-15)11-13-9-19-18(20-10-13)17-7-4-8-24-17/h4,7-10H,2-3,5-6,11-12H2,1H3. The van der Waals surface area contributed by atoms with E-state index in [-0.39, 0.29) is 0 Å². The van der Waals surface area contributed by atoms with Gasteiger partial charge in [0.25, 0.3) is 0 Å². The van der Waals surface area contributed by atoms with Crippen LogP contribution in [0.1, 0.15) is 35.4 Å². The fraction of sp³-hybridized carbons (Fsp3) is 0.389. The second-order valence-electron chi connectivity index (χ2n) is 6.30. The van der Waals surface area contributed by atoms with Crippen LogP contribution < -0.4 is 0 Å². The number of rotatable bonds is 5. The zero-order chi connectivity index (χ0) is 16.4. The zero-order valence-corrected chi connectivity index (χ0v) is 14.6. The minimum atomic E-state index is 0.793. The lowest BCUT2D eigenvalue weighted by Crippen LogP contribution is -2.19. The molecule has 4 rings (SSSR count). The molecule has 0 saturated carbocycles. The van der Waals surface area contributed by atoms with Crippen molar-refractivity contribution in [2.45, 2.75) is 38.8 Å². The summed E-state index contributed by atoms with van der Waals surface area (Å²) in [6, 6.07) is 4.06. The topological polar surface area (TPSA) is 55.1 Å². The lowest BCUT2D eigenvalue weighted by Gasteiger charge is -2.16. The van der Waals surface area contributed by atoms with Crippen molar-refractivity contribution >= 4 is 11.3 Å². The Morgan fingerprint density at radius 2 is 2.00 bits per heavy atom. The van der Waals surface area contributed by atoms with E-state index in [4.69, 9.17) is 4.52 Å². The lowest BCUT2D eigenvalue weighted by atomic mass is 9.96. The second kappa shape index (κ2) is 6.83. The van der Waals surface area contributed by atoms with Gasteiger partial charge in [-0.15, -0.1) is 11.3 Å². The molecule has 24 heavy (non-hydrogen) atoms. The van der Waals surface area contributed by atoms with E-state index in [1.165, 1.54) is 18.4 Å². The number of fused-ring (bicyclic) bond motifs is 1. The summed E-state index contributed by atoms with van der Waals surface area (Å²) in [5.74, 6) is 1.88. The Labute approximate surface area is 145 Å². The number of hydrogen-bond donors (Lipinski definition) is 0. The molecule has 0 aromatic carbocycles. The highest BCUT2D eigenvalue weighted by molar-refractivity contribution is 7.13. The molecule has 0 bridgehead atoms. The molecule has 3 heterocycles. The van der Waals surface area contributed by atoms with Crippen molar-refractivity contribution in [2.75, 3.05) is 7.05 Å². The highest BCUT2D eigenvalue weighted by Gasteiger charge is 2.20. The van der Waals surface area contributed by atoms with E-state index in [0.717, 1.165) is 53.7 Å². The largest absolute Gasteiger partial charge is 0.361 e. The summed E-state index contributed by atoms with van der Waals surface area (Å²) in [7, 11) is 2.09. The minimum Gasteiger partial charge on any atom is -0.361 e. The maximum absolute atomic E-state index is 5.50. The van der Waals surface area contributed by atoms with Crippen LogP contribution in [-0.2, 0) is 25.9 Å². The van der Waals surface area contributed by atoms with Crippen LogP contribution in [0.4, 0.5) is 0 Å². The van der Waals surface area contributed by atoms with Gasteiger partial charge in [-0.1, -0.05) is 11.2 Å². The monoisotopic (exact) mass is 340 g/mol. The number of thiophene rings is 1. The van der Waals surface area contributed by atoms with Crippen molar-refractivity contribution in [3.8, 4) is 10.7 Å². The predicted octanol–water partition coefficient (Wildman–Crippen LogP) is 3.70. The van der Waals surface area contributed by atoms with Crippen molar-refractivity contribution in [3.63, 3.8) is 0 Å². The summed E-state index contributed by atoms with van der Waals surface area (Å²) in [5.41, 5.74) is 3.52. The van der Waals surface area contributed by atoms with E-state index in [1.54, 1.807) is 11.3 Å². The maximum Gasteiger partial charge on any atom is 0.169 e. The van der Waals surface area contributed by atoms with Crippen LogP contribution in [0.25, 0.3) is 10.7 Å². The summed E-state index contributed by atoms with van der Waals surface area (Å²) in [6.07, 6.45) is 8.41. The molecular formula is C18H20N4OS. The van der Waals surface area contributed by atoms with E-state index in [1.807, 2.05) is 29.9 Å². The molecule has 1 aliphatic carbocycles. The molecule has 0 fully saturated rings. The Kier molecular flexibility index (Phi) is 4.40. The summed E-state index contributed by atoms with van der Waals surface area (Å²) < 4.78 is 5.50. The van der Waals surface area contributed by atoms with Gasteiger partial charge in [-0.3, -0.25) is 4.90 Å². The van der Waals surface area contributed by atoms with Crippen LogP contribution in [-0.4, -0.2) is 27.1 Å². The number of aryl methyl sites for hydroxylation is 1. The molecule has 0 aliphatic heterocycles. The van der Waals surface area contributed by atoms with Gasteiger partial charge < -0.3 is 4.52 Å². The minimum absolute atomic E-state index is 0.793. The maximum atomic E-state index is 5.50. The zero-order valence-electron chi connectivity index (χ0n) is 13.7. The average Bonchev–Trinajstić information content (AvgIpc) is 3.26. The summed E-state index contributed by atoms with van der Waals surface area (Å²) in [6.45, 7) is 1.60. The third-order valence-corrected chi connectivity index (χ3v) is 5.22. The number of aromatic nitrogens is 3. The van der Waals surface area contributed by atoms with Gasteiger partial charge in [0.1, 0.15) is 11.5 Å². The average molecular weight is 340 g/mol. The van der Waals surface area contributed by atoms with E-state index in [0.29, 0.717) is 0 Å². The third kappa shape index (κ3) is 3.25. The van der Waals surface area contributed by atoms with Crippen molar-refractivity contribution in [1.29, 1.82) is 0 Å². The smallest absolute Gasteiger partial charge is 0.169 e. The van der Waals surface area contributed by atoms with Gasteiger partial charge in [0.05, 0.1) is 4.88 Å². The molecule has 6 heteroatoms. The molecule has 5 nitrogen and oxygen atoms in total. The Morgan fingerprint density at radius 1 is 1.17 bits per heavy atom. The van der Waals surface area contributed by atoms with Gasteiger partial charge in [-0.25, -0.2) is 9.97 Å². The molecule has 3 aromatic heterocycles. The molecule has 0 radical (unpaired) electrons. The Balaban J connectivity index is 1.41. The van der Waals surface area contributed by atoms with Gasteiger partial charge >= 0.3 is 0 Å². The van der Waals surface area contributed by atoms with Crippen molar-refractivity contribution in [1.82, 2.24) is 20.0 Å². The summed E-state index contributed by atoms with van der Waals surface area (Å²) >= 11 is 1.66. The first-order valence-electron chi connectivity index (χ1n) is 8.29. The van der Waals surface area contributed by atoms with Gasteiger partial charge in [0, 0.05) is 43.0 Å². The first-order valence-corrected chi connectivity index (χ1v) is 9.17. The molecular weight excluding hydrogens is 320 g/mol. The third-order valence-electron chi connectivity index (χ3n) is 4.35. The van der Waals surface area contributed by atoms with E-state index in [2.05, 4.69) is 27.1 Å². The molecule has 3 aromatic rings. The second-order valence-corrected chi connectivity index (χ2v) is 7.25. The Morgan fingerprint density at radius 3 is 2.79 bits per heavy atom. The Bertz CT molecular complexity index is 795. The van der Waals surface area contributed by atoms with Crippen LogP contribution in [0, 0.1) is 0 Å². The molecule has 124 valence electrons. The molecule has 0 N–H and O–H groups in total. The lowest BCUT2D eigenvalue weighted by molar-refractivity contribution is 0.300. The van der Waals surface area contributed by atoms with Crippen LogP contribution in [0.3, 0.4) is 0 Å². The van der Waals surface area contributed by atoms with Crippen molar-refractivity contribution in [2.24, 2.45) is 0 Å². The normalized spacial score (nSPS) is 14.1.